The number of amides is 1. The summed E-state index contributed by atoms with van der Waals surface area (Å²) >= 11 is 0. The van der Waals surface area contributed by atoms with Crippen LogP contribution >= 0.6 is 0 Å². The Hall–Kier alpha value is -3.46. The number of nitrogens with one attached hydrogen (secondary N) is 2. The van der Waals surface area contributed by atoms with Gasteiger partial charge in [-0.25, -0.2) is 9.97 Å². The molecule has 9 heteroatoms. The minimum atomic E-state index is -0.304. The Kier molecular flexibility index (Phi) is 7.74. The molecule has 4 rings (SSSR count). The number of amidine groups is 1. The Balaban J connectivity index is 1.61. The molecule has 1 aliphatic carbocycles. The predicted molar refractivity (Wildman–Crippen MR) is 132 cm³/mol. The summed E-state index contributed by atoms with van der Waals surface area (Å²) in [5.41, 5.74) is 8.02. The second-order valence-corrected chi connectivity index (χ2v) is 8.61. The van der Waals surface area contributed by atoms with E-state index < -0.39 is 0 Å². The monoisotopic (exact) mass is 464 g/mol. The quantitative estimate of drug-likeness (QED) is 0.251. The SMILES string of the molecule is COCCCNC(=O)c1nc(N[C@H]2CCCC[C@H]2N=C(N)c2ccco2)c2cc(C)ccc2n1. The maximum absolute atomic E-state index is 12.8. The van der Waals surface area contributed by atoms with Gasteiger partial charge in [0.05, 0.1) is 17.8 Å². The molecule has 0 unspecified atom stereocenters. The lowest BCUT2D eigenvalue weighted by Crippen LogP contribution is -2.37. The first-order valence-corrected chi connectivity index (χ1v) is 11.7. The van der Waals surface area contributed by atoms with Gasteiger partial charge in [-0.05, 0) is 50.5 Å². The van der Waals surface area contributed by atoms with Crippen molar-refractivity contribution in [2.75, 3.05) is 25.6 Å². The Labute approximate surface area is 199 Å². The van der Waals surface area contributed by atoms with Gasteiger partial charge in [0.15, 0.2) is 11.6 Å². The van der Waals surface area contributed by atoms with Gasteiger partial charge in [0.1, 0.15) is 5.82 Å². The number of fused-ring (bicyclic) bond motifs is 1. The number of carbonyl (C=O) groups is 1. The maximum Gasteiger partial charge on any atom is 0.289 e. The second-order valence-electron chi connectivity index (χ2n) is 8.61. The molecule has 2 aromatic heterocycles. The maximum atomic E-state index is 12.8. The summed E-state index contributed by atoms with van der Waals surface area (Å²) in [7, 11) is 1.64. The molecule has 1 saturated carbocycles. The van der Waals surface area contributed by atoms with E-state index in [-0.39, 0.29) is 23.8 Å². The van der Waals surface area contributed by atoms with Crippen LogP contribution in [0.15, 0.2) is 46.0 Å². The van der Waals surface area contributed by atoms with Crippen LogP contribution in [0.2, 0.25) is 0 Å². The number of ether oxygens (including phenoxy) is 1. The minimum absolute atomic E-state index is 0.0264. The lowest BCUT2D eigenvalue weighted by molar-refractivity contribution is 0.0938. The van der Waals surface area contributed by atoms with Crippen LogP contribution in [0.1, 0.15) is 54.0 Å². The summed E-state index contributed by atoms with van der Waals surface area (Å²) in [6.07, 6.45) is 6.31. The van der Waals surface area contributed by atoms with Crippen LogP contribution in [0.25, 0.3) is 10.9 Å². The van der Waals surface area contributed by atoms with Gasteiger partial charge in [-0.15, -0.1) is 0 Å². The summed E-state index contributed by atoms with van der Waals surface area (Å²) < 4.78 is 10.4. The molecule has 0 spiro atoms. The molecule has 2 heterocycles. The first-order chi connectivity index (χ1) is 16.5. The summed E-state index contributed by atoms with van der Waals surface area (Å²) in [5, 5.41) is 7.33. The number of aromatic nitrogens is 2. The summed E-state index contributed by atoms with van der Waals surface area (Å²) in [6, 6.07) is 9.55. The van der Waals surface area contributed by atoms with Crippen molar-refractivity contribution in [1.82, 2.24) is 15.3 Å². The molecule has 0 aliphatic heterocycles. The fraction of sp³-hybridized carbons (Fsp3) is 0.440. The second kappa shape index (κ2) is 11.1. The first kappa shape index (κ1) is 23.7. The zero-order valence-corrected chi connectivity index (χ0v) is 19.7. The van der Waals surface area contributed by atoms with E-state index in [2.05, 4.69) is 20.6 Å². The largest absolute Gasteiger partial charge is 0.461 e. The summed E-state index contributed by atoms with van der Waals surface area (Å²) in [6.45, 7) is 3.10. The fourth-order valence-electron chi connectivity index (χ4n) is 4.23. The molecule has 34 heavy (non-hydrogen) atoms. The lowest BCUT2D eigenvalue weighted by atomic mass is 9.90. The van der Waals surface area contributed by atoms with E-state index in [4.69, 9.17) is 19.9 Å². The lowest BCUT2D eigenvalue weighted by Gasteiger charge is -2.30. The van der Waals surface area contributed by atoms with E-state index in [0.29, 0.717) is 30.6 Å². The van der Waals surface area contributed by atoms with E-state index in [9.17, 15) is 4.79 Å². The normalized spacial score (nSPS) is 18.7. The fourth-order valence-corrected chi connectivity index (χ4v) is 4.23. The zero-order valence-electron chi connectivity index (χ0n) is 19.7. The van der Waals surface area contributed by atoms with Gasteiger partial charge in [0.2, 0.25) is 5.82 Å². The highest BCUT2D eigenvalue weighted by Gasteiger charge is 2.27. The molecule has 2 atom stereocenters. The molecule has 0 saturated heterocycles. The molecule has 9 nitrogen and oxygen atoms in total. The van der Waals surface area contributed by atoms with Crippen LogP contribution in [0.4, 0.5) is 5.82 Å². The first-order valence-electron chi connectivity index (χ1n) is 11.7. The van der Waals surface area contributed by atoms with E-state index in [1.165, 1.54) is 0 Å². The van der Waals surface area contributed by atoms with Gasteiger partial charge < -0.3 is 25.5 Å². The van der Waals surface area contributed by atoms with Crippen LogP contribution in [-0.2, 0) is 4.74 Å². The highest BCUT2D eigenvalue weighted by molar-refractivity contribution is 5.97. The Morgan fingerprint density at radius 3 is 2.91 bits per heavy atom. The van der Waals surface area contributed by atoms with E-state index in [1.807, 2.05) is 31.2 Å². The molecule has 180 valence electrons. The number of hydrogen-bond acceptors (Lipinski definition) is 7. The van der Waals surface area contributed by atoms with Crippen molar-refractivity contribution < 1.29 is 13.9 Å². The summed E-state index contributed by atoms with van der Waals surface area (Å²) in [5.74, 6) is 1.44. The van der Waals surface area contributed by atoms with Crippen molar-refractivity contribution in [2.24, 2.45) is 10.7 Å². The van der Waals surface area contributed by atoms with Crippen LogP contribution in [0.3, 0.4) is 0 Å². The van der Waals surface area contributed by atoms with Crippen LogP contribution < -0.4 is 16.4 Å². The number of nitrogens with zero attached hydrogens (tertiary/aromatic N) is 3. The molecule has 1 aliphatic rings. The number of furan rings is 1. The van der Waals surface area contributed by atoms with E-state index in [1.54, 1.807) is 19.4 Å². The topological polar surface area (TPSA) is 128 Å². The molecule has 4 N–H and O–H groups in total. The van der Waals surface area contributed by atoms with Crippen LogP contribution in [-0.4, -0.2) is 54.1 Å². The molecule has 1 fully saturated rings. The molecular formula is C25H32N6O3. The van der Waals surface area contributed by atoms with Gasteiger partial charge >= 0.3 is 0 Å². The van der Waals surface area contributed by atoms with Crippen molar-refractivity contribution in [3.8, 4) is 0 Å². The Morgan fingerprint density at radius 2 is 2.12 bits per heavy atom. The molecule has 1 amide bonds. The number of methoxy groups -OCH3 is 1. The van der Waals surface area contributed by atoms with Crippen molar-refractivity contribution in [3.63, 3.8) is 0 Å². The summed E-state index contributed by atoms with van der Waals surface area (Å²) in [4.78, 5) is 26.7. The van der Waals surface area contributed by atoms with Crippen molar-refractivity contribution in [3.05, 3.63) is 53.7 Å². The highest BCUT2D eigenvalue weighted by atomic mass is 16.5. The third-order valence-corrected chi connectivity index (χ3v) is 6.00. The zero-order chi connectivity index (χ0) is 23.9. The van der Waals surface area contributed by atoms with Gasteiger partial charge in [-0.2, -0.15) is 0 Å². The van der Waals surface area contributed by atoms with Crippen molar-refractivity contribution in [2.45, 2.75) is 51.1 Å². The third-order valence-electron chi connectivity index (χ3n) is 6.00. The van der Waals surface area contributed by atoms with Gasteiger partial charge in [-0.3, -0.25) is 9.79 Å². The van der Waals surface area contributed by atoms with Gasteiger partial charge in [0.25, 0.3) is 5.91 Å². The van der Waals surface area contributed by atoms with Crippen molar-refractivity contribution >= 4 is 28.5 Å². The molecule has 3 aromatic rings. The average molecular weight is 465 g/mol. The number of aryl methyl sites for hydroxylation is 1. The Morgan fingerprint density at radius 1 is 1.26 bits per heavy atom. The van der Waals surface area contributed by atoms with Crippen molar-refractivity contribution in [1.29, 1.82) is 0 Å². The predicted octanol–water partition coefficient (Wildman–Crippen LogP) is 3.43. The Bertz CT molecular complexity index is 1150. The van der Waals surface area contributed by atoms with Crippen LogP contribution in [0.5, 0.6) is 0 Å². The number of carbonyl (C=O) groups excluding carboxylic acids is 1. The smallest absolute Gasteiger partial charge is 0.289 e. The standard InChI is InChI=1S/C25H32N6O3/c1-16-10-11-18-17(15-16)23(31-24(29-18)25(32)27-12-6-13-33-2)30-20-8-4-3-7-19(20)28-22(26)21-9-5-14-34-21/h5,9-11,14-15,19-20H,3-4,6-8,12-13H2,1-2H3,(H2,26,28)(H,27,32)(H,29,30,31)/t19-,20+/m1/s1. The number of anilines is 1. The number of aliphatic imine (C=N–C) groups is 1. The number of rotatable bonds is 9. The third kappa shape index (κ3) is 5.72. The number of benzene rings is 1. The average Bonchev–Trinajstić information content (AvgIpc) is 3.38. The highest BCUT2D eigenvalue weighted by Crippen LogP contribution is 2.28. The van der Waals surface area contributed by atoms with Crippen LogP contribution in [0, 0.1) is 6.92 Å². The van der Waals surface area contributed by atoms with Gasteiger partial charge in [0, 0.05) is 31.7 Å². The van der Waals surface area contributed by atoms with E-state index in [0.717, 1.165) is 48.6 Å². The minimum Gasteiger partial charge on any atom is -0.461 e. The van der Waals surface area contributed by atoms with E-state index >= 15 is 0 Å². The number of hydrogen-bond donors (Lipinski definition) is 3. The molecular weight excluding hydrogens is 432 g/mol. The molecule has 1 aromatic carbocycles. The van der Waals surface area contributed by atoms with Gasteiger partial charge in [-0.1, -0.05) is 24.5 Å². The number of nitrogens with two attached hydrogens (primary N) is 1. The molecule has 0 radical (unpaired) electrons. The molecule has 0 bridgehead atoms.